The van der Waals surface area contributed by atoms with E-state index >= 15 is 0 Å². The third-order valence-corrected chi connectivity index (χ3v) is 6.80. The molecule has 4 rings (SSSR count). The Balaban J connectivity index is 1.40. The zero-order chi connectivity index (χ0) is 20.7. The lowest BCUT2D eigenvalue weighted by Crippen LogP contribution is -2.56. The van der Waals surface area contributed by atoms with Crippen molar-refractivity contribution in [2.45, 2.75) is 61.3 Å². The maximum absolute atomic E-state index is 13.1. The maximum Gasteiger partial charge on any atom is 0.241 e. The number of thiol groups is 1. The van der Waals surface area contributed by atoms with Crippen LogP contribution in [0, 0.1) is 11.3 Å². The summed E-state index contributed by atoms with van der Waals surface area (Å²) in [5.74, 6) is -0.0749. The first-order chi connectivity index (χ1) is 13.9. The molecule has 0 spiro atoms. The molecule has 1 aromatic rings. The molecule has 3 heterocycles. The first-order valence-corrected chi connectivity index (χ1v) is 10.7. The quantitative estimate of drug-likeness (QED) is 0.707. The number of hydrogen-bond donors (Lipinski definition) is 2. The molecular formula is C21H27N5O2S. The van der Waals surface area contributed by atoms with Gasteiger partial charge in [0, 0.05) is 30.6 Å². The van der Waals surface area contributed by atoms with Crippen molar-refractivity contribution < 1.29 is 9.59 Å². The summed E-state index contributed by atoms with van der Waals surface area (Å²) >= 11 is 4.41. The number of carbonyl (C=O) groups is 2. The van der Waals surface area contributed by atoms with Crippen LogP contribution < -0.4 is 5.73 Å². The van der Waals surface area contributed by atoms with Crippen LogP contribution in [0.5, 0.6) is 0 Å². The van der Waals surface area contributed by atoms with E-state index in [4.69, 9.17) is 5.73 Å². The molecule has 8 heteroatoms. The van der Waals surface area contributed by atoms with Crippen molar-refractivity contribution in [3.05, 3.63) is 29.8 Å². The van der Waals surface area contributed by atoms with Crippen LogP contribution >= 0.6 is 12.6 Å². The van der Waals surface area contributed by atoms with E-state index in [-0.39, 0.29) is 36.0 Å². The largest absolute Gasteiger partial charge is 0.330 e. The number of carbonyl (C=O) groups excluding carboxylic acids is 2. The van der Waals surface area contributed by atoms with Gasteiger partial charge in [0.25, 0.3) is 0 Å². The fourth-order valence-corrected chi connectivity index (χ4v) is 5.29. The fourth-order valence-electron chi connectivity index (χ4n) is 5.05. The Morgan fingerprint density at radius 2 is 2.24 bits per heavy atom. The number of benzene rings is 1. The van der Waals surface area contributed by atoms with E-state index in [0.29, 0.717) is 19.5 Å². The smallest absolute Gasteiger partial charge is 0.241 e. The summed E-state index contributed by atoms with van der Waals surface area (Å²) in [6.45, 7) is 3.72. The SMILES string of the molecule is C[C@@H](c1cccc(S)c1)N1C(=O)C2C[C@H]1CN2CC(N)C(=O)N1CCCC1C#N. The van der Waals surface area contributed by atoms with Gasteiger partial charge in [0.15, 0.2) is 0 Å². The molecule has 3 saturated heterocycles. The van der Waals surface area contributed by atoms with Gasteiger partial charge in [0.2, 0.25) is 11.8 Å². The zero-order valence-corrected chi connectivity index (χ0v) is 17.5. The van der Waals surface area contributed by atoms with E-state index in [1.165, 1.54) is 0 Å². The first kappa shape index (κ1) is 20.2. The molecular weight excluding hydrogens is 386 g/mol. The van der Waals surface area contributed by atoms with E-state index in [1.54, 1.807) is 4.90 Å². The minimum atomic E-state index is -0.706. The van der Waals surface area contributed by atoms with Gasteiger partial charge in [0.05, 0.1) is 24.2 Å². The van der Waals surface area contributed by atoms with E-state index in [1.807, 2.05) is 34.1 Å². The molecule has 3 fully saturated rings. The molecule has 3 aliphatic heterocycles. The van der Waals surface area contributed by atoms with Gasteiger partial charge < -0.3 is 15.5 Å². The average Bonchev–Trinajstić information content (AvgIpc) is 3.41. The Morgan fingerprint density at radius 3 is 2.93 bits per heavy atom. The van der Waals surface area contributed by atoms with Crippen molar-refractivity contribution in [3.8, 4) is 6.07 Å². The number of fused-ring (bicyclic) bond motifs is 2. The minimum Gasteiger partial charge on any atom is -0.330 e. The summed E-state index contributed by atoms with van der Waals surface area (Å²) < 4.78 is 0. The highest BCUT2D eigenvalue weighted by atomic mass is 32.1. The van der Waals surface area contributed by atoms with Crippen LogP contribution in [0.1, 0.15) is 37.8 Å². The number of nitrogens with zero attached hydrogens (tertiary/aromatic N) is 4. The second-order valence-corrected chi connectivity index (χ2v) is 8.82. The summed E-state index contributed by atoms with van der Waals surface area (Å²) in [6, 6.07) is 8.92. The van der Waals surface area contributed by atoms with Crippen molar-refractivity contribution in [2.75, 3.05) is 19.6 Å². The van der Waals surface area contributed by atoms with Crippen molar-refractivity contribution in [1.29, 1.82) is 5.26 Å². The Hall–Kier alpha value is -2.08. The van der Waals surface area contributed by atoms with Crippen molar-refractivity contribution in [2.24, 2.45) is 5.73 Å². The molecule has 2 amide bonds. The average molecular weight is 414 g/mol. The van der Waals surface area contributed by atoms with Gasteiger partial charge in [-0.25, -0.2) is 0 Å². The lowest BCUT2D eigenvalue weighted by molar-refractivity contribution is -0.141. The minimum absolute atomic E-state index is 0.0111. The standard InChI is InChI=1S/C21H27N5O2S/c1-13(14-4-2-6-17(29)8-14)26-16-9-19(21(26)28)24(11-16)12-18(23)20(27)25-7-3-5-15(25)10-22/h2,4,6,8,13,15-16,18-19,29H,3,5,7,9,11-12,23H2,1H3/t13-,15?,16-,18?,19?/m0/s1. The van der Waals surface area contributed by atoms with Crippen LogP contribution in [0.2, 0.25) is 0 Å². The van der Waals surface area contributed by atoms with E-state index in [9.17, 15) is 14.9 Å². The van der Waals surface area contributed by atoms with Crippen molar-refractivity contribution >= 4 is 24.4 Å². The Labute approximate surface area is 176 Å². The van der Waals surface area contributed by atoms with E-state index in [0.717, 1.165) is 29.8 Å². The van der Waals surface area contributed by atoms with Gasteiger partial charge in [-0.1, -0.05) is 12.1 Å². The monoisotopic (exact) mass is 413 g/mol. The Bertz CT molecular complexity index is 856. The van der Waals surface area contributed by atoms with Crippen molar-refractivity contribution in [1.82, 2.24) is 14.7 Å². The third-order valence-electron chi connectivity index (χ3n) is 6.52. The normalized spacial score (nSPS) is 28.6. The van der Waals surface area contributed by atoms with E-state index in [2.05, 4.69) is 25.6 Å². The van der Waals surface area contributed by atoms with Gasteiger partial charge in [0.1, 0.15) is 6.04 Å². The predicted molar refractivity (Wildman–Crippen MR) is 111 cm³/mol. The molecule has 3 unspecified atom stereocenters. The van der Waals surface area contributed by atoms with Gasteiger partial charge in [-0.15, -0.1) is 12.6 Å². The lowest BCUT2D eigenvalue weighted by atomic mass is 10.1. The Morgan fingerprint density at radius 1 is 1.45 bits per heavy atom. The van der Waals surface area contributed by atoms with Gasteiger partial charge >= 0.3 is 0 Å². The Kier molecular flexibility index (Phi) is 5.56. The second kappa shape index (κ2) is 7.98. The summed E-state index contributed by atoms with van der Waals surface area (Å²) in [4.78, 5) is 32.3. The fraction of sp³-hybridized carbons (Fsp3) is 0.571. The first-order valence-electron chi connectivity index (χ1n) is 10.2. The third kappa shape index (κ3) is 3.63. The molecule has 154 valence electrons. The number of amides is 2. The van der Waals surface area contributed by atoms with E-state index < -0.39 is 6.04 Å². The molecule has 5 atom stereocenters. The molecule has 0 aromatic heterocycles. The van der Waals surface area contributed by atoms with Crippen LogP contribution in [-0.4, -0.2) is 70.3 Å². The summed E-state index contributed by atoms with van der Waals surface area (Å²) in [5, 5.41) is 9.21. The highest BCUT2D eigenvalue weighted by Gasteiger charge is 2.51. The molecule has 3 aliphatic rings. The summed E-state index contributed by atoms with van der Waals surface area (Å²) in [6.07, 6.45) is 2.32. The van der Waals surface area contributed by atoms with Gasteiger partial charge in [-0.3, -0.25) is 14.5 Å². The summed E-state index contributed by atoms with van der Waals surface area (Å²) in [5.41, 5.74) is 7.27. The second-order valence-electron chi connectivity index (χ2n) is 8.30. The number of likely N-dealkylation sites (tertiary alicyclic amines) is 3. The number of nitrogens with two attached hydrogens (primary N) is 1. The molecule has 29 heavy (non-hydrogen) atoms. The van der Waals surface area contributed by atoms with Gasteiger partial charge in [-0.05, 0) is 43.9 Å². The molecule has 2 bridgehead atoms. The molecule has 0 radical (unpaired) electrons. The predicted octanol–water partition coefficient (Wildman–Crippen LogP) is 1.16. The maximum atomic E-state index is 13.1. The molecule has 2 N–H and O–H groups in total. The number of rotatable bonds is 5. The summed E-state index contributed by atoms with van der Waals surface area (Å²) in [7, 11) is 0. The van der Waals surface area contributed by atoms with Gasteiger partial charge in [-0.2, -0.15) is 5.26 Å². The highest BCUT2D eigenvalue weighted by Crippen LogP contribution is 2.38. The topological polar surface area (TPSA) is 93.7 Å². The number of piperazine rings is 1. The highest BCUT2D eigenvalue weighted by molar-refractivity contribution is 7.80. The lowest BCUT2D eigenvalue weighted by Gasteiger charge is -2.38. The van der Waals surface area contributed by atoms with Crippen LogP contribution in [-0.2, 0) is 9.59 Å². The van der Waals surface area contributed by atoms with Crippen molar-refractivity contribution in [3.63, 3.8) is 0 Å². The number of hydrogen-bond acceptors (Lipinski definition) is 6. The van der Waals surface area contributed by atoms with Crippen LogP contribution in [0.25, 0.3) is 0 Å². The van der Waals surface area contributed by atoms with Crippen LogP contribution in [0.15, 0.2) is 29.2 Å². The molecule has 0 saturated carbocycles. The molecule has 0 aliphatic carbocycles. The molecule has 7 nitrogen and oxygen atoms in total. The number of nitriles is 1. The van der Waals surface area contributed by atoms with Crippen LogP contribution in [0.4, 0.5) is 0 Å². The van der Waals surface area contributed by atoms with Crippen LogP contribution in [0.3, 0.4) is 0 Å². The zero-order valence-electron chi connectivity index (χ0n) is 16.6. The molecule has 1 aromatic carbocycles.